The second-order valence-electron chi connectivity index (χ2n) is 9.16. The molecule has 0 radical (unpaired) electrons. The Morgan fingerprint density at radius 3 is 2.65 bits per heavy atom. The Balaban J connectivity index is 1.78. The van der Waals surface area contributed by atoms with Crippen LogP contribution in [0.1, 0.15) is 30.2 Å². The molecule has 3 aromatic heterocycles. The van der Waals surface area contributed by atoms with E-state index in [1.807, 2.05) is 0 Å². The van der Waals surface area contributed by atoms with E-state index in [-0.39, 0.29) is 29.7 Å². The van der Waals surface area contributed by atoms with Crippen LogP contribution in [-0.2, 0) is 12.8 Å². The van der Waals surface area contributed by atoms with Gasteiger partial charge in [-0.15, -0.1) is 0 Å². The van der Waals surface area contributed by atoms with Crippen molar-refractivity contribution < 1.29 is 35.9 Å². The first-order valence-corrected chi connectivity index (χ1v) is 12.2. The SMILES string of the molecule is Cc1c(F)c(N)cc(-c2nc3c4c(nc(OCc5ccon5)nc4c2F)NCCNCCC(C)O3)c1C(F)(F)F. The van der Waals surface area contributed by atoms with Gasteiger partial charge in [-0.1, -0.05) is 5.16 Å². The maximum absolute atomic E-state index is 16.3. The van der Waals surface area contributed by atoms with E-state index >= 15 is 4.39 Å². The second kappa shape index (κ2) is 10.7. The predicted octanol–water partition coefficient (Wildman–Crippen LogP) is 4.62. The summed E-state index contributed by atoms with van der Waals surface area (Å²) in [7, 11) is 0. The molecule has 15 heteroatoms. The van der Waals surface area contributed by atoms with E-state index in [4.69, 9.17) is 19.7 Å². The van der Waals surface area contributed by atoms with Crippen LogP contribution in [0.2, 0.25) is 0 Å². The van der Waals surface area contributed by atoms with Gasteiger partial charge in [0.05, 0.1) is 17.4 Å². The van der Waals surface area contributed by atoms with Gasteiger partial charge >= 0.3 is 12.2 Å². The molecule has 212 valence electrons. The van der Waals surface area contributed by atoms with Crippen molar-refractivity contribution in [1.82, 2.24) is 25.4 Å². The van der Waals surface area contributed by atoms with E-state index in [0.717, 1.165) is 6.92 Å². The van der Waals surface area contributed by atoms with Crippen LogP contribution in [0.15, 0.2) is 22.9 Å². The van der Waals surface area contributed by atoms with Crippen molar-refractivity contribution in [2.75, 3.05) is 30.7 Å². The Morgan fingerprint density at radius 2 is 1.93 bits per heavy atom. The monoisotopic (exact) mass is 565 g/mol. The summed E-state index contributed by atoms with van der Waals surface area (Å²) >= 11 is 0. The fourth-order valence-electron chi connectivity index (χ4n) is 4.35. The molecule has 0 amide bonds. The summed E-state index contributed by atoms with van der Waals surface area (Å²) in [5.41, 5.74) is 1.32. The molecule has 0 fully saturated rings. The number of anilines is 2. The Bertz CT molecular complexity index is 1550. The third-order valence-electron chi connectivity index (χ3n) is 6.27. The lowest BCUT2D eigenvalue weighted by atomic mass is 9.96. The van der Waals surface area contributed by atoms with Gasteiger partial charge in [0.25, 0.3) is 0 Å². The van der Waals surface area contributed by atoms with Crippen LogP contribution in [0.4, 0.5) is 33.5 Å². The van der Waals surface area contributed by atoms with Gasteiger partial charge in [-0.25, -0.2) is 13.8 Å². The Morgan fingerprint density at radius 1 is 1.12 bits per heavy atom. The molecule has 10 nitrogen and oxygen atoms in total. The van der Waals surface area contributed by atoms with Crippen LogP contribution in [0, 0.1) is 18.6 Å². The third-order valence-corrected chi connectivity index (χ3v) is 6.27. The van der Waals surface area contributed by atoms with Gasteiger partial charge in [0.1, 0.15) is 46.8 Å². The minimum Gasteiger partial charge on any atom is -0.474 e. The number of hydrogen-bond donors (Lipinski definition) is 3. The minimum atomic E-state index is -5.06. The smallest absolute Gasteiger partial charge is 0.417 e. The first kappa shape index (κ1) is 27.3. The normalized spacial score (nSPS) is 16.2. The van der Waals surface area contributed by atoms with Crippen LogP contribution in [-0.4, -0.2) is 45.8 Å². The van der Waals surface area contributed by atoms with Gasteiger partial charge < -0.3 is 30.4 Å². The molecule has 4 aromatic rings. The molecule has 1 aliphatic rings. The average Bonchev–Trinajstić information content (AvgIpc) is 3.41. The topological polar surface area (TPSA) is 133 Å². The molecule has 4 heterocycles. The van der Waals surface area contributed by atoms with Crippen molar-refractivity contribution in [3.63, 3.8) is 0 Å². The van der Waals surface area contributed by atoms with Crippen molar-refractivity contribution in [2.24, 2.45) is 0 Å². The molecule has 0 saturated carbocycles. The number of hydrogen-bond acceptors (Lipinski definition) is 10. The van der Waals surface area contributed by atoms with Gasteiger partial charge in [0, 0.05) is 24.7 Å². The number of halogens is 5. The van der Waals surface area contributed by atoms with E-state index in [9.17, 15) is 17.6 Å². The Labute approximate surface area is 224 Å². The zero-order valence-electron chi connectivity index (χ0n) is 21.3. The van der Waals surface area contributed by atoms with Gasteiger partial charge in [0.15, 0.2) is 5.82 Å². The number of aromatic nitrogens is 4. The summed E-state index contributed by atoms with van der Waals surface area (Å²) in [5.74, 6) is -2.60. The quantitative estimate of drug-likeness (QED) is 0.238. The van der Waals surface area contributed by atoms with E-state index in [1.54, 1.807) is 6.92 Å². The highest BCUT2D eigenvalue weighted by molar-refractivity contribution is 5.96. The lowest BCUT2D eigenvalue weighted by Crippen LogP contribution is -2.26. The molecule has 0 spiro atoms. The molecule has 1 aromatic carbocycles. The van der Waals surface area contributed by atoms with Gasteiger partial charge in [-0.3, -0.25) is 0 Å². The summed E-state index contributed by atoms with van der Waals surface area (Å²) in [4.78, 5) is 12.7. The van der Waals surface area contributed by atoms with Crippen molar-refractivity contribution >= 4 is 22.4 Å². The molecule has 0 saturated heterocycles. The summed E-state index contributed by atoms with van der Waals surface area (Å²) in [6.07, 6.45) is -3.68. The average molecular weight is 566 g/mol. The molecule has 1 atom stereocenters. The molecular weight excluding hydrogens is 541 g/mol. The van der Waals surface area contributed by atoms with E-state index in [1.165, 1.54) is 12.3 Å². The van der Waals surface area contributed by atoms with Crippen LogP contribution in [0.5, 0.6) is 11.9 Å². The Hall–Kier alpha value is -4.27. The molecule has 5 rings (SSSR count). The summed E-state index contributed by atoms with van der Waals surface area (Å²) < 4.78 is 89.6. The number of nitrogen functional groups attached to an aromatic ring is 1. The number of nitrogens with zero attached hydrogens (tertiary/aromatic N) is 4. The third kappa shape index (κ3) is 5.28. The molecule has 40 heavy (non-hydrogen) atoms. The molecule has 1 unspecified atom stereocenters. The fourth-order valence-corrected chi connectivity index (χ4v) is 4.35. The standard InChI is InChI=1S/C25H24F5N7O3/c1-11-3-5-32-6-7-33-22-16-21(35-24(36-22)38-10-13-4-8-39-37-13)19(27)20(34-23(16)40-11)14-9-15(31)18(26)12(2)17(14)25(28,29)30/h4,8-9,11,32H,3,5-7,10,31H2,1-2H3,(H,33,35,36). The molecule has 4 N–H and O–H groups in total. The highest BCUT2D eigenvalue weighted by Gasteiger charge is 2.39. The molecular formula is C25H24F5N7O3. The van der Waals surface area contributed by atoms with Crippen molar-refractivity contribution in [3.05, 3.63) is 46.9 Å². The zero-order chi connectivity index (χ0) is 28.6. The number of pyridine rings is 1. The predicted molar refractivity (Wildman–Crippen MR) is 134 cm³/mol. The van der Waals surface area contributed by atoms with Crippen molar-refractivity contribution in [3.8, 4) is 23.1 Å². The van der Waals surface area contributed by atoms with Crippen LogP contribution in [0.25, 0.3) is 22.2 Å². The van der Waals surface area contributed by atoms with Crippen LogP contribution < -0.4 is 25.8 Å². The second-order valence-corrected chi connectivity index (χ2v) is 9.16. The highest BCUT2D eigenvalue weighted by atomic mass is 19.4. The number of ether oxygens (including phenoxy) is 2. The van der Waals surface area contributed by atoms with Crippen LogP contribution in [0.3, 0.4) is 0 Å². The fraction of sp³-hybridized carbons (Fsp3) is 0.360. The number of nitrogens with two attached hydrogens (primary N) is 1. The first-order chi connectivity index (χ1) is 19.0. The van der Waals surface area contributed by atoms with Crippen molar-refractivity contribution in [2.45, 2.75) is 39.2 Å². The first-order valence-electron chi connectivity index (χ1n) is 12.2. The van der Waals surface area contributed by atoms with E-state index < -0.39 is 57.5 Å². The minimum absolute atomic E-state index is 0.00384. The maximum Gasteiger partial charge on any atom is 0.417 e. The number of rotatable bonds is 4. The Kier molecular flexibility index (Phi) is 7.31. The highest BCUT2D eigenvalue weighted by Crippen LogP contribution is 2.44. The number of benzene rings is 1. The largest absolute Gasteiger partial charge is 0.474 e. The lowest BCUT2D eigenvalue weighted by molar-refractivity contribution is -0.137. The molecule has 1 aliphatic heterocycles. The van der Waals surface area contributed by atoms with Crippen LogP contribution >= 0.6 is 0 Å². The lowest BCUT2D eigenvalue weighted by Gasteiger charge is -2.21. The van der Waals surface area contributed by atoms with Gasteiger partial charge in [-0.2, -0.15) is 23.1 Å². The van der Waals surface area contributed by atoms with Gasteiger partial charge in [-0.05, 0) is 38.4 Å². The van der Waals surface area contributed by atoms with E-state index in [2.05, 4.69) is 30.7 Å². The van der Waals surface area contributed by atoms with E-state index in [0.29, 0.717) is 37.8 Å². The molecule has 0 bridgehead atoms. The van der Waals surface area contributed by atoms with Gasteiger partial charge in [0.2, 0.25) is 5.88 Å². The maximum atomic E-state index is 16.3. The molecule has 0 aliphatic carbocycles. The summed E-state index contributed by atoms with van der Waals surface area (Å²) in [6, 6.07) is 1.95. The number of alkyl halides is 3. The van der Waals surface area contributed by atoms with Crippen molar-refractivity contribution in [1.29, 1.82) is 0 Å². The zero-order valence-corrected chi connectivity index (χ0v) is 21.3. The number of nitrogens with one attached hydrogen (secondary N) is 2. The summed E-state index contributed by atoms with van der Waals surface area (Å²) in [5, 5.41) is 10.0. The summed E-state index contributed by atoms with van der Waals surface area (Å²) in [6.45, 7) is 3.98.